The van der Waals surface area contributed by atoms with Crippen LogP contribution in [-0.4, -0.2) is 20.1 Å². The van der Waals surface area contributed by atoms with Gasteiger partial charge in [-0.15, -0.1) is 0 Å². The van der Waals surface area contributed by atoms with E-state index in [0.717, 1.165) is 6.07 Å². The average Bonchev–Trinajstić information content (AvgIpc) is 2.69. The predicted molar refractivity (Wildman–Crippen MR) is 75.2 cm³/mol. The van der Waals surface area contributed by atoms with E-state index in [2.05, 4.69) is 0 Å². The first-order valence-electron chi connectivity index (χ1n) is 6.14. The van der Waals surface area contributed by atoms with Gasteiger partial charge in [-0.25, -0.2) is 12.8 Å². The van der Waals surface area contributed by atoms with Gasteiger partial charge in [-0.05, 0) is 29.8 Å². The molecule has 0 fully saturated rings. The number of fused-ring (bicyclic) bond motifs is 1. The Labute approximate surface area is 121 Å². The van der Waals surface area contributed by atoms with Crippen molar-refractivity contribution in [3.05, 3.63) is 58.8 Å². The molecule has 0 aromatic heterocycles. The van der Waals surface area contributed by atoms with Crippen molar-refractivity contribution in [3.63, 3.8) is 0 Å². The number of phenols is 1. The van der Waals surface area contributed by atoms with Gasteiger partial charge in [0.1, 0.15) is 28.8 Å². The van der Waals surface area contributed by atoms with Crippen molar-refractivity contribution < 1.29 is 22.7 Å². The SMILES string of the molecule is O=S1(=O)C(COc2cccc(O)c2)=Cc2cccc(F)c21. The van der Waals surface area contributed by atoms with E-state index in [0.29, 0.717) is 11.3 Å². The van der Waals surface area contributed by atoms with E-state index < -0.39 is 15.7 Å². The van der Waals surface area contributed by atoms with E-state index in [1.807, 2.05) is 0 Å². The number of halogens is 1. The summed E-state index contributed by atoms with van der Waals surface area (Å²) >= 11 is 0. The molecule has 0 amide bonds. The topological polar surface area (TPSA) is 63.6 Å². The number of phenolic OH excluding ortho intramolecular Hbond substituents is 1. The van der Waals surface area contributed by atoms with Gasteiger partial charge in [-0.1, -0.05) is 18.2 Å². The van der Waals surface area contributed by atoms with E-state index in [4.69, 9.17) is 4.74 Å². The highest BCUT2D eigenvalue weighted by molar-refractivity contribution is 7.95. The lowest BCUT2D eigenvalue weighted by atomic mass is 10.2. The molecule has 0 aliphatic carbocycles. The summed E-state index contributed by atoms with van der Waals surface area (Å²) in [5.74, 6) is -0.413. The van der Waals surface area contributed by atoms with Gasteiger partial charge in [0.2, 0.25) is 9.84 Å². The summed E-state index contributed by atoms with van der Waals surface area (Å²) in [6.45, 7) is -0.222. The Bertz CT molecular complexity index is 841. The van der Waals surface area contributed by atoms with Crippen molar-refractivity contribution in [2.24, 2.45) is 0 Å². The van der Waals surface area contributed by atoms with Gasteiger partial charge in [0.25, 0.3) is 0 Å². The first-order valence-corrected chi connectivity index (χ1v) is 7.63. The largest absolute Gasteiger partial charge is 0.508 e. The first-order chi connectivity index (χ1) is 9.98. The van der Waals surface area contributed by atoms with Gasteiger partial charge in [0.15, 0.2) is 0 Å². The number of rotatable bonds is 3. The fourth-order valence-electron chi connectivity index (χ4n) is 2.15. The molecule has 0 spiro atoms. The molecule has 0 bridgehead atoms. The van der Waals surface area contributed by atoms with Crippen molar-refractivity contribution in [1.29, 1.82) is 0 Å². The fourth-order valence-corrected chi connectivity index (χ4v) is 3.67. The lowest BCUT2D eigenvalue weighted by Crippen LogP contribution is -2.10. The molecule has 0 radical (unpaired) electrons. The van der Waals surface area contributed by atoms with Gasteiger partial charge in [0, 0.05) is 6.07 Å². The van der Waals surface area contributed by atoms with Crippen LogP contribution in [-0.2, 0) is 9.84 Å². The van der Waals surface area contributed by atoms with E-state index in [9.17, 15) is 17.9 Å². The second-order valence-corrected chi connectivity index (χ2v) is 6.50. The molecule has 0 unspecified atom stereocenters. The smallest absolute Gasteiger partial charge is 0.209 e. The van der Waals surface area contributed by atoms with Crippen LogP contribution in [0.25, 0.3) is 6.08 Å². The van der Waals surface area contributed by atoms with Crippen LogP contribution in [0, 0.1) is 5.82 Å². The number of hydrogen-bond acceptors (Lipinski definition) is 4. The molecule has 1 aliphatic heterocycles. The summed E-state index contributed by atoms with van der Waals surface area (Å²) in [7, 11) is -3.86. The first kappa shape index (κ1) is 13.6. The summed E-state index contributed by atoms with van der Waals surface area (Å²) in [5.41, 5.74) is 0.324. The zero-order valence-electron chi connectivity index (χ0n) is 10.8. The maximum Gasteiger partial charge on any atom is 0.209 e. The second-order valence-electron chi connectivity index (χ2n) is 4.56. The van der Waals surface area contributed by atoms with Crippen LogP contribution in [0.1, 0.15) is 5.56 Å². The molecular formula is C15H11FO4S. The van der Waals surface area contributed by atoms with Crippen molar-refractivity contribution >= 4 is 15.9 Å². The van der Waals surface area contributed by atoms with E-state index >= 15 is 0 Å². The number of sulfone groups is 1. The molecule has 2 aromatic rings. The van der Waals surface area contributed by atoms with Gasteiger partial charge in [0.05, 0.1) is 4.91 Å². The van der Waals surface area contributed by atoms with Crippen LogP contribution in [0.2, 0.25) is 0 Å². The van der Waals surface area contributed by atoms with Crippen LogP contribution in [0.4, 0.5) is 4.39 Å². The molecule has 4 nitrogen and oxygen atoms in total. The van der Waals surface area contributed by atoms with Crippen molar-refractivity contribution in [2.75, 3.05) is 6.61 Å². The normalized spacial score (nSPS) is 15.4. The summed E-state index contributed by atoms with van der Waals surface area (Å²) in [4.78, 5) is -0.314. The quantitative estimate of drug-likeness (QED) is 0.947. The summed E-state index contributed by atoms with van der Waals surface area (Å²) < 4.78 is 43.5. The van der Waals surface area contributed by atoms with Crippen LogP contribution in [0.5, 0.6) is 11.5 Å². The third kappa shape index (κ3) is 2.38. The Balaban J connectivity index is 1.87. The van der Waals surface area contributed by atoms with Crippen molar-refractivity contribution in [2.45, 2.75) is 4.90 Å². The summed E-state index contributed by atoms with van der Waals surface area (Å²) in [6.07, 6.45) is 1.40. The highest BCUT2D eigenvalue weighted by atomic mass is 32.2. The molecule has 0 saturated heterocycles. The Kier molecular flexibility index (Phi) is 3.17. The van der Waals surface area contributed by atoms with Gasteiger partial charge < -0.3 is 9.84 Å². The van der Waals surface area contributed by atoms with Crippen LogP contribution in [0.3, 0.4) is 0 Å². The number of hydrogen-bond donors (Lipinski definition) is 1. The molecular weight excluding hydrogens is 295 g/mol. The summed E-state index contributed by atoms with van der Waals surface area (Å²) in [6, 6.07) is 10.1. The number of ether oxygens (including phenoxy) is 1. The van der Waals surface area contributed by atoms with Crippen molar-refractivity contribution in [3.8, 4) is 11.5 Å². The third-order valence-corrected chi connectivity index (χ3v) is 5.02. The molecule has 2 aromatic carbocycles. The molecule has 1 heterocycles. The predicted octanol–water partition coefficient (Wildman–Crippen LogP) is 2.74. The van der Waals surface area contributed by atoms with E-state index in [1.165, 1.54) is 30.3 Å². The van der Waals surface area contributed by atoms with Crippen LogP contribution >= 0.6 is 0 Å². The zero-order valence-corrected chi connectivity index (χ0v) is 11.6. The zero-order chi connectivity index (χ0) is 15.0. The highest BCUT2D eigenvalue weighted by Crippen LogP contribution is 2.34. The minimum absolute atomic E-state index is 0.00839. The lowest BCUT2D eigenvalue weighted by molar-refractivity contribution is 0.356. The summed E-state index contributed by atoms with van der Waals surface area (Å²) in [5, 5.41) is 9.32. The minimum atomic E-state index is -3.86. The molecule has 108 valence electrons. The Hall–Kier alpha value is -2.34. The fraction of sp³-hybridized carbons (Fsp3) is 0.0667. The number of benzene rings is 2. The van der Waals surface area contributed by atoms with E-state index in [1.54, 1.807) is 12.1 Å². The second kappa shape index (κ2) is 4.89. The van der Waals surface area contributed by atoms with Gasteiger partial charge in [-0.2, -0.15) is 0 Å². The Morgan fingerprint density at radius 3 is 2.62 bits per heavy atom. The molecule has 0 atom stereocenters. The average molecular weight is 306 g/mol. The standard InChI is InChI=1S/C15H11FO4S/c16-14-6-1-3-10-7-13(21(18,19)15(10)14)9-20-12-5-2-4-11(17)8-12/h1-8,17H,9H2. The lowest BCUT2D eigenvalue weighted by Gasteiger charge is -2.07. The third-order valence-electron chi connectivity index (χ3n) is 3.13. The highest BCUT2D eigenvalue weighted by Gasteiger charge is 2.32. The molecule has 21 heavy (non-hydrogen) atoms. The van der Waals surface area contributed by atoms with Crippen LogP contribution in [0.15, 0.2) is 52.3 Å². The maximum atomic E-state index is 13.7. The minimum Gasteiger partial charge on any atom is -0.508 e. The van der Waals surface area contributed by atoms with Gasteiger partial charge >= 0.3 is 0 Å². The van der Waals surface area contributed by atoms with Crippen LogP contribution < -0.4 is 4.74 Å². The molecule has 0 saturated carbocycles. The number of aromatic hydroxyl groups is 1. The molecule has 1 aliphatic rings. The van der Waals surface area contributed by atoms with E-state index in [-0.39, 0.29) is 22.2 Å². The van der Waals surface area contributed by atoms with Crippen molar-refractivity contribution in [1.82, 2.24) is 0 Å². The Morgan fingerprint density at radius 1 is 1.14 bits per heavy atom. The Morgan fingerprint density at radius 2 is 1.90 bits per heavy atom. The molecule has 3 rings (SSSR count). The maximum absolute atomic E-state index is 13.7. The molecule has 6 heteroatoms. The molecule has 1 N–H and O–H groups in total. The monoisotopic (exact) mass is 306 g/mol. The van der Waals surface area contributed by atoms with Gasteiger partial charge in [-0.3, -0.25) is 0 Å².